The Kier molecular flexibility index (Phi) is 7.05. The number of imidazole rings is 2. The maximum absolute atomic E-state index is 13.8. The molecule has 0 saturated heterocycles. The first-order chi connectivity index (χ1) is 23.8. The average Bonchev–Trinajstić information content (AvgIpc) is 3.63. The highest BCUT2D eigenvalue weighted by molar-refractivity contribution is 6.28. The smallest absolute Gasteiger partial charge is 0.194 e. The van der Waals surface area contributed by atoms with Gasteiger partial charge in [0.2, 0.25) is 0 Å². The van der Waals surface area contributed by atoms with Crippen molar-refractivity contribution in [2.24, 2.45) is 0 Å². The fourth-order valence-electron chi connectivity index (χ4n) is 6.69. The van der Waals surface area contributed by atoms with Gasteiger partial charge in [0.1, 0.15) is 34.3 Å². The Morgan fingerprint density at radius 2 is 0.920 bits per heavy atom. The number of carbonyl (C=O) groups is 2. The number of hydrogen-bond acceptors (Lipinski definition) is 6. The van der Waals surface area contributed by atoms with Crippen molar-refractivity contribution in [3.63, 3.8) is 0 Å². The van der Waals surface area contributed by atoms with Crippen molar-refractivity contribution in [1.29, 1.82) is 0 Å². The molecule has 7 aromatic rings. The maximum atomic E-state index is 13.8. The van der Waals surface area contributed by atoms with E-state index in [-0.39, 0.29) is 22.6 Å². The van der Waals surface area contributed by atoms with Gasteiger partial charge in [-0.25, -0.2) is 9.97 Å². The molecule has 1 aliphatic rings. The highest BCUT2D eigenvalue weighted by atomic mass is 16.1. The van der Waals surface area contributed by atoms with Gasteiger partial charge in [-0.05, 0) is 107 Å². The van der Waals surface area contributed by atoms with Crippen LogP contribution in [0, 0.1) is 0 Å². The fourth-order valence-corrected chi connectivity index (χ4v) is 6.69. The second kappa shape index (κ2) is 11.3. The van der Waals surface area contributed by atoms with Crippen molar-refractivity contribution >= 4 is 34.5 Å². The average molecular weight is 659 g/mol. The summed E-state index contributed by atoms with van der Waals surface area (Å²) in [7, 11) is 0. The number of carbonyl (C=O) groups excluding carboxylic acids is 2. The first-order valence-electron chi connectivity index (χ1n) is 16.8. The van der Waals surface area contributed by atoms with E-state index in [2.05, 4.69) is 79.2 Å². The molecule has 3 aromatic carbocycles. The van der Waals surface area contributed by atoms with Crippen LogP contribution in [-0.4, -0.2) is 41.4 Å². The molecule has 0 unspecified atom stereocenters. The van der Waals surface area contributed by atoms with Gasteiger partial charge in [0.05, 0.1) is 0 Å². The molecule has 2 N–H and O–H groups in total. The van der Waals surface area contributed by atoms with Crippen LogP contribution in [0.1, 0.15) is 73.4 Å². The Hall–Kier alpha value is -6.02. The lowest BCUT2D eigenvalue weighted by Gasteiger charge is -2.23. The fraction of sp³-hybridized carbons (Fsp3) is 0.190. The van der Waals surface area contributed by atoms with Crippen LogP contribution >= 0.6 is 0 Å². The van der Waals surface area contributed by atoms with Crippen LogP contribution in [-0.2, 0) is 0 Å². The molecule has 0 amide bonds. The second-order valence-corrected chi connectivity index (χ2v) is 15.0. The Balaban J connectivity index is 1.38. The number of aromatic nitrogens is 4. The molecule has 1 aliphatic carbocycles. The number of hydrogen-bond donors (Lipinski definition) is 2. The van der Waals surface area contributed by atoms with E-state index in [1.807, 2.05) is 60.9 Å². The van der Waals surface area contributed by atoms with Gasteiger partial charge in [-0.2, -0.15) is 0 Å². The normalized spacial score (nSPS) is 13.1. The van der Waals surface area contributed by atoms with Gasteiger partial charge in [-0.3, -0.25) is 18.4 Å². The molecule has 0 atom stereocenters. The SMILES string of the molecule is CC(C)(C)Nc1c(-c2cc(-c3ccc4c(c3)C(=O)c3ccccc3C4=O)cc(-c3nc4ccccn4c3NC(C)(C)C)c2)nc2ccccn12. The van der Waals surface area contributed by atoms with Crippen molar-refractivity contribution in [3.05, 3.63) is 132 Å². The summed E-state index contributed by atoms with van der Waals surface area (Å²) >= 11 is 0. The highest BCUT2D eigenvalue weighted by Gasteiger charge is 2.30. The first-order valence-corrected chi connectivity index (χ1v) is 16.8. The summed E-state index contributed by atoms with van der Waals surface area (Å²) in [4.78, 5) is 37.5. The van der Waals surface area contributed by atoms with Crippen LogP contribution in [0.3, 0.4) is 0 Å². The predicted octanol–water partition coefficient (Wildman–Crippen LogP) is 9.18. The van der Waals surface area contributed by atoms with E-state index in [1.165, 1.54) is 0 Å². The third-order valence-corrected chi connectivity index (χ3v) is 8.79. The van der Waals surface area contributed by atoms with Crippen molar-refractivity contribution < 1.29 is 9.59 Å². The van der Waals surface area contributed by atoms with Crippen molar-refractivity contribution in [3.8, 4) is 33.6 Å². The molecule has 0 radical (unpaired) electrons. The number of nitrogens with zero attached hydrogens (tertiary/aromatic N) is 4. The monoisotopic (exact) mass is 658 g/mol. The zero-order chi connectivity index (χ0) is 34.9. The Morgan fingerprint density at radius 1 is 0.480 bits per heavy atom. The number of anilines is 2. The zero-order valence-corrected chi connectivity index (χ0v) is 29.0. The molecule has 4 heterocycles. The van der Waals surface area contributed by atoms with E-state index in [0.717, 1.165) is 56.6 Å². The third-order valence-electron chi connectivity index (χ3n) is 8.79. The highest BCUT2D eigenvalue weighted by Crippen LogP contribution is 2.40. The molecule has 0 spiro atoms. The lowest BCUT2D eigenvalue weighted by atomic mass is 9.82. The topological polar surface area (TPSA) is 92.8 Å². The Labute approximate surface area is 290 Å². The molecule has 8 heteroatoms. The van der Waals surface area contributed by atoms with Crippen LogP contribution in [0.15, 0.2) is 109 Å². The molecule has 248 valence electrons. The van der Waals surface area contributed by atoms with Crippen LogP contribution < -0.4 is 10.6 Å². The summed E-state index contributed by atoms with van der Waals surface area (Å²) in [6, 6.07) is 30.9. The van der Waals surface area contributed by atoms with E-state index < -0.39 is 0 Å². The molecule has 0 fully saturated rings. The van der Waals surface area contributed by atoms with Gasteiger partial charge in [0, 0.05) is 56.9 Å². The summed E-state index contributed by atoms with van der Waals surface area (Å²) in [5.41, 5.74) is 7.90. The molecule has 50 heavy (non-hydrogen) atoms. The third kappa shape index (κ3) is 5.43. The van der Waals surface area contributed by atoms with E-state index in [9.17, 15) is 9.59 Å². The number of benzene rings is 3. The summed E-state index contributed by atoms with van der Waals surface area (Å²) in [6.45, 7) is 12.8. The predicted molar refractivity (Wildman–Crippen MR) is 200 cm³/mol. The van der Waals surface area contributed by atoms with E-state index in [1.54, 1.807) is 30.3 Å². The van der Waals surface area contributed by atoms with E-state index in [0.29, 0.717) is 22.3 Å². The minimum absolute atomic E-state index is 0.138. The Morgan fingerprint density at radius 3 is 1.42 bits per heavy atom. The van der Waals surface area contributed by atoms with Gasteiger partial charge < -0.3 is 10.6 Å². The van der Waals surface area contributed by atoms with Gasteiger partial charge in [0.25, 0.3) is 0 Å². The van der Waals surface area contributed by atoms with Crippen LogP contribution in [0.2, 0.25) is 0 Å². The number of fused-ring (bicyclic) bond motifs is 4. The van der Waals surface area contributed by atoms with E-state index in [4.69, 9.17) is 9.97 Å². The van der Waals surface area contributed by atoms with Crippen LogP contribution in [0.4, 0.5) is 11.6 Å². The molecular formula is C42H38N6O2. The van der Waals surface area contributed by atoms with E-state index >= 15 is 0 Å². The molecule has 4 aromatic heterocycles. The van der Waals surface area contributed by atoms with Gasteiger partial charge in [-0.1, -0.05) is 42.5 Å². The molecule has 0 aliphatic heterocycles. The number of pyridine rings is 2. The van der Waals surface area contributed by atoms with Crippen molar-refractivity contribution in [1.82, 2.24) is 18.8 Å². The summed E-state index contributed by atoms with van der Waals surface area (Å²) < 4.78 is 4.15. The lowest BCUT2D eigenvalue weighted by Crippen LogP contribution is -2.27. The van der Waals surface area contributed by atoms with Crippen LogP contribution in [0.25, 0.3) is 44.9 Å². The summed E-state index contributed by atoms with van der Waals surface area (Å²) in [6.07, 6.45) is 4.03. The van der Waals surface area contributed by atoms with Gasteiger partial charge in [0.15, 0.2) is 11.6 Å². The zero-order valence-electron chi connectivity index (χ0n) is 29.0. The molecular weight excluding hydrogens is 621 g/mol. The molecule has 8 rings (SSSR count). The van der Waals surface area contributed by atoms with Crippen molar-refractivity contribution in [2.45, 2.75) is 52.6 Å². The molecule has 8 nitrogen and oxygen atoms in total. The second-order valence-electron chi connectivity index (χ2n) is 15.0. The Bertz CT molecular complexity index is 2390. The summed E-state index contributed by atoms with van der Waals surface area (Å²) in [5.74, 6) is 1.47. The number of rotatable bonds is 5. The van der Waals surface area contributed by atoms with Crippen molar-refractivity contribution in [2.75, 3.05) is 10.6 Å². The van der Waals surface area contributed by atoms with Crippen LogP contribution in [0.5, 0.6) is 0 Å². The molecule has 0 saturated carbocycles. The largest absolute Gasteiger partial charge is 0.365 e. The quantitative estimate of drug-likeness (QED) is 0.192. The standard InChI is InChI=1S/C42H38N6O2/c1-41(2,3)45-39-35(43-33-15-9-11-19-47(33)39)27-21-26(25-17-18-31-32(24-25)38(50)30-14-8-7-13-29(30)37(31)49)22-28(23-27)36-40(46-42(4,5)6)48-20-12-10-16-34(48)44-36/h7-24,45-46H,1-6H3. The minimum Gasteiger partial charge on any atom is -0.365 e. The number of ketones is 2. The lowest BCUT2D eigenvalue weighted by molar-refractivity contribution is 0.0979. The minimum atomic E-state index is -0.242. The summed E-state index contributed by atoms with van der Waals surface area (Å²) in [5, 5.41) is 7.40. The maximum Gasteiger partial charge on any atom is 0.194 e. The number of nitrogens with one attached hydrogen (secondary N) is 2. The van der Waals surface area contributed by atoms with Gasteiger partial charge >= 0.3 is 0 Å². The van der Waals surface area contributed by atoms with Gasteiger partial charge in [-0.15, -0.1) is 0 Å². The first kappa shape index (κ1) is 31.3. The molecule has 0 bridgehead atoms.